The van der Waals surface area contributed by atoms with E-state index in [1.807, 2.05) is 0 Å². The molecule has 1 N–H and O–H groups in total. The standard InChI is InChI=1S/C21H19ClFN3O3/c22-14-5-3-6-15(11-14)24-19(27)18-12-21(29-25-18)9-4-10-26(13-21)20(28)16-7-1-2-8-17(16)23/h1-3,5-8,11H,4,9-10,12-13H2,(H,24,27). The molecule has 29 heavy (non-hydrogen) atoms. The van der Waals surface area contributed by atoms with E-state index in [1.165, 1.54) is 12.1 Å². The number of amides is 2. The van der Waals surface area contributed by atoms with Gasteiger partial charge in [-0.3, -0.25) is 9.59 Å². The van der Waals surface area contributed by atoms with Gasteiger partial charge in [0.25, 0.3) is 11.8 Å². The van der Waals surface area contributed by atoms with Crippen molar-refractivity contribution < 1.29 is 18.8 Å². The summed E-state index contributed by atoms with van der Waals surface area (Å²) in [4.78, 5) is 32.5. The summed E-state index contributed by atoms with van der Waals surface area (Å²) in [5, 5.41) is 7.24. The summed E-state index contributed by atoms with van der Waals surface area (Å²) in [6, 6.07) is 12.7. The van der Waals surface area contributed by atoms with Crippen LogP contribution in [-0.2, 0) is 9.63 Å². The summed E-state index contributed by atoms with van der Waals surface area (Å²) in [7, 11) is 0. The number of benzene rings is 2. The van der Waals surface area contributed by atoms with Gasteiger partial charge in [0.15, 0.2) is 5.60 Å². The Labute approximate surface area is 172 Å². The second-order valence-corrected chi connectivity index (χ2v) is 7.70. The Morgan fingerprint density at radius 3 is 2.83 bits per heavy atom. The van der Waals surface area contributed by atoms with Crippen LogP contribution in [0.2, 0.25) is 5.02 Å². The first-order chi connectivity index (χ1) is 14.0. The Hall–Kier alpha value is -2.93. The zero-order valence-corrected chi connectivity index (χ0v) is 16.3. The molecule has 2 aromatic carbocycles. The highest BCUT2D eigenvalue weighted by atomic mass is 35.5. The second kappa shape index (κ2) is 7.83. The van der Waals surface area contributed by atoms with Crippen LogP contribution in [0.1, 0.15) is 29.6 Å². The molecule has 150 valence electrons. The molecule has 0 aromatic heterocycles. The van der Waals surface area contributed by atoms with Gasteiger partial charge in [-0.2, -0.15) is 0 Å². The van der Waals surface area contributed by atoms with Crippen LogP contribution < -0.4 is 5.32 Å². The van der Waals surface area contributed by atoms with E-state index in [-0.39, 0.29) is 36.1 Å². The monoisotopic (exact) mass is 415 g/mol. The van der Waals surface area contributed by atoms with Gasteiger partial charge in [-0.05, 0) is 43.2 Å². The second-order valence-electron chi connectivity index (χ2n) is 7.26. The molecule has 2 aliphatic heterocycles. The number of hydrogen-bond acceptors (Lipinski definition) is 4. The molecule has 2 aliphatic rings. The van der Waals surface area contributed by atoms with Crippen LogP contribution in [0.25, 0.3) is 0 Å². The zero-order valence-electron chi connectivity index (χ0n) is 15.5. The molecule has 0 aliphatic carbocycles. The van der Waals surface area contributed by atoms with Gasteiger partial charge in [0.2, 0.25) is 0 Å². The molecule has 4 rings (SSSR count). The lowest BCUT2D eigenvalue weighted by atomic mass is 9.87. The van der Waals surface area contributed by atoms with E-state index in [4.69, 9.17) is 16.4 Å². The van der Waals surface area contributed by atoms with E-state index in [1.54, 1.807) is 41.3 Å². The van der Waals surface area contributed by atoms with Gasteiger partial charge in [0.05, 0.1) is 12.1 Å². The normalized spacial score (nSPS) is 20.9. The number of carbonyl (C=O) groups is 2. The van der Waals surface area contributed by atoms with Crippen molar-refractivity contribution >= 4 is 34.8 Å². The fraction of sp³-hybridized carbons (Fsp3) is 0.286. The first kappa shape index (κ1) is 19.4. The third-order valence-electron chi connectivity index (χ3n) is 5.11. The number of oxime groups is 1. The number of nitrogens with zero attached hydrogens (tertiary/aromatic N) is 2. The van der Waals surface area contributed by atoms with Crippen molar-refractivity contribution in [2.75, 3.05) is 18.4 Å². The molecule has 1 saturated heterocycles. The molecule has 6 nitrogen and oxygen atoms in total. The minimum atomic E-state index is -0.764. The molecule has 2 amide bonds. The SMILES string of the molecule is O=C(Nc1cccc(Cl)c1)C1=NOC2(CCCN(C(=O)c3ccccc3F)C2)C1. The van der Waals surface area contributed by atoms with Crippen LogP contribution in [0, 0.1) is 5.82 Å². The maximum Gasteiger partial charge on any atom is 0.273 e. The van der Waals surface area contributed by atoms with Crippen LogP contribution >= 0.6 is 11.6 Å². The Balaban J connectivity index is 1.43. The van der Waals surface area contributed by atoms with Gasteiger partial charge in [0, 0.05) is 23.7 Å². The van der Waals surface area contributed by atoms with E-state index in [2.05, 4.69) is 10.5 Å². The molecule has 0 radical (unpaired) electrons. The van der Waals surface area contributed by atoms with E-state index < -0.39 is 11.4 Å². The number of anilines is 1. The molecular weight excluding hydrogens is 397 g/mol. The summed E-state index contributed by atoms with van der Waals surface area (Å²) in [5.41, 5.74) is 0.0823. The van der Waals surface area contributed by atoms with Gasteiger partial charge < -0.3 is 15.1 Å². The first-order valence-electron chi connectivity index (χ1n) is 9.32. The van der Waals surface area contributed by atoms with Gasteiger partial charge in [-0.1, -0.05) is 35.0 Å². The minimum Gasteiger partial charge on any atom is -0.386 e. The number of rotatable bonds is 3. The minimum absolute atomic E-state index is 0.0300. The van der Waals surface area contributed by atoms with Crippen LogP contribution in [0.15, 0.2) is 53.7 Å². The topological polar surface area (TPSA) is 71.0 Å². The molecule has 2 aromatic rings. The average molecular weight is 416 g/mol. The summed E-state index contributed by atoms with van der Waals surface area (Å²) < 4.78 is 14.0. The highest BCUT2D eigenvalue weighted by molar-refractivity contribution is 6.43. The highest BCUT2D eigenvalue weighted by Gasteiger charge is 2.45. The summed E-state index contributed by atoms with van der Waals surface area (Å²) in [6.07, 6.45) is 1.62. The number of nitrogens with one attached hydrogen (secondary N) is 1. The molecule has 1 fully saturated rings. The molecule has 1 atom stereocenters. The van der Waals surface area contributed by atoms with E-state index in [0.717, 1.165) is 0 Å². The molecule has 0 bridgehead atoms. The molecule has 0 saturated carbocycles. The fourth-order valence-electron chi connectivity index (χ4n) is 3.71. The molecular formula is C21H19ClFN3O3. The quantitative estimate of drug-likeness (QED) is 0.827. The van der Waals surface area contributed by atoms with Crippen molar-refractivity contribution in [3.05, 3.63) is 64.9 Å². The Morgan fingerprint density at radius 2 is 2.03 bits per heavy atom. The zero-order chi connectivity index (χ0) is 20.4. The van der Waals surface area contributed by atoms with E-state index in [0.29, 0.717) is 30.1 Å². The van der Waals surface area contributed by atoms with Gasteiger partial charge >= 0.3 is 0 Å². The van der Waals surface area contributed by atoms with Gasteiger partial charge in [0.1, 0.15) is 11.5 Å². The average Bonchev–Trinajstić information content (AvgIpc) is 3.11. The van der Waals surface area contributed by atoms with Crippen LogP contribution in [-0.4, -0.2) is 41.1 Å². The number of likely N-dealkylation sites (tertiary alicyclic amines) is 1. The highest BCUT2D eigenvalue weighted by Crippen LogP contribution is 2.34. The predicted molar refractivity (Wildman–Crippen MR) is 107 cm³/mol. The lowest BCUT2D eigenvalue weighted by Gasteiger charge is -2.38. The van der Waals surface area contributed by atoms with Crippen LogP contribution in [0.4, 0.5) is 10.1 Å². The molecule has 1 spiro atoms. The molecule has 1 unspecified atom stereocenters. The molecule has 2 heterocycles. The van der Waals surface area contributed by atoms with Gasteiger partial charge in [-0.15, -0.1) is 0 Å². The van der Waals surface area contributed by atoms with Crippen molar-refractivity contribution in [3.63, 3.8) is 0 Å². The Kier molecular flexibility index (Phi) is 5.24. The smallest absolute Gasteiger partial charge is 0.273 e. The number of carbonyl (C=O) groups excluding carboxylic acids is 2. The predicted octanol–water partition coefficient (Wildman–Crippen LogP) is 3.87. The van der Waals surface area contributed by atoms with E-state index in [9.17, 15) is 14.0 Å². The lowest BCUT2D eigenvalue weighted by Crippen LogP contribution is -2.51. The third-order valence-corrected chi connectivity index (χ3v) is 5.35. The molecule has 8 heteroatoms. The van der Waals surface area contributed by atoms with Crippen molar-refractivity contribution in [3.8, 4) is 0 Å². The number of halogens is 2. The van der Waals surface area contributed by atoms with Crippen LogP contribution in [0.3, 0.4) is 0 Å². The van der Waals surface area contributed by atoms with Crippen molar-refractivity contribution in [2.45, 2.75) is 24.9 Å². The Morgan fingerprint density at radius 1 is 1.21 bits per heavy atom. The van der Waals surface area contributed by atoms with Crippen LogP contribution in [0.5, 0.6) is 0 Å². The largest absolute Gasteiger partial charge is 0.386 e. The lowest BCUT2D eigenvalue weighted by molar-refractivity contribution is -0.110. The summed E-state index contributed by atoms with van der Waals surface area (Å²) >= 11 is 5.94. The number of piperidine rings is 1. The van der Waals surface area contributed by atoms with Gasteiger partial charge in [-0.25, -0.2) is 4.39 Å². The fourth-order valence-corrected chi connectivity index (χ4v) is 3.90. The van der Waals surface area contributed by atoms with Crippen molar-refractivity contribution in [1.29, 1.82) is 0 Å². The summed E-state index contributed by atoms with van der Waals surface area (Å²) in [6.45, 7) is 0.750. The van der Waals surface area contributed by atoms with Crippen molar-refractivity contribution in [2.24, 2.45) is 5.16 Å². The maximum atomic E-state index is 14.0. The van der Waals surface area contributed by atoms with E-state index >= 15 is 0 Å². The first-order valence-corrected chi connectivity index (χ1v) is 9.69. The third kappa shape index (κ3) is 4.10. The Bertz CT molecular complexity index is 997. The maximum absolute atomic E-state index is 14.0. The van der Waals surface area contributed by atoms with Crippen molar-refractivity contribution in [1.82, 2.24) is 4.90 Å². The number of hydrogen-bond donors (Lipinski definition) is 1. The summed E-state index contributed by atoms with van der Waals surface area (Å²) in [5.74, 6) is -1.31.